The lowest BCUT2D eigenvalue weighted by molar-refractivity contribution is -0.112. The molecule has 4 unspecified atom stereocenters. The maximum Gasteiger partial charge on any atom is 0.123 e. The fourth-order valence-electron chi connectivity index (χ4n) is 3.54. The average molecular weight is 180 g/mol. The van der Waals surface area contributed by atoms with Crippen LogP contribution in [0.5, 0.6) is 0 Å². The highest BCUT2D eigenvalue weighted by Gasteiger charge is 2.63. The van der Waals surface area contributed by atoms with Gasteiger partial charge in [0.1, 0.15) is 6.29 Å². The van der Waals surface area contributed by atoms with Crippen LogP contribution < -0.4 is 0 Å². The van der Waals surface area contributed by atoms with Crippen LogP contribution >= 0.6 is 0 Å². The number of fused-ring (bicyclic) bond motifs is 1. The molecular weight excluding hydrogens is 160 g/mol. The molecule has 0 aromatic carbocycles. The lowest BCUT2D eigenvalue weighted by Crippen LogP contribution is -2.13. The zero-order chi connectivity index (χ0) is 9.64. The zero-order valence-electron chi connectivity index (χ0n) is 8.92. The largest absolute Gasteiger partial charge is 0.303 e. The Morgan fingerprint density at radius 2 is 2.08 bits per heavy atom. The van der Waals surface area contributed by atoms with E-state index >= 15 is 0 Å². The van der Waals surface area contributed by atoms with E-state index in [1.54, 1.807) is 0 Å². The highest BCUT2D eigenvalue weighted by molar-refractivity contribution is 5.54. The Labute approximate surface area is 80.9 Å². The summed E-state index contributed by atoms with van der Waals surface area (Å²) in [6, 6.07) is 0. The Bertz CT molecular complexity index is 221. The van der Waals surface area contributed by atoms with E-state index in [9.17, 15) is 4.79 Å². The van der Waals surface area contributed by atoms with Crippen molar-refractivity contribution in [3.05, 3.63) is 0 Å². The molecule has 0 saturated heterocycles. The fourth-order valence-corrected chi connectivity index (χ4v) is 3.54. The molecule has 0 aliphatic heterocycles. The summed E-state index contributed by atoms with van der Waals surface area (Å²) >= 11 is 0. The van der Waals surface area contributed by atoms with E-state index in [-0.39, 0.29) is 0 Å². The van der Waals surface area contributed by atoms with Gasteiger partial charge in [-0.2, -0.15) is 0 Å². The van der Waals surface area contributed by atoms with Gasteiger partial charge in [-0.3, -0.25) is 0 Å². The minimum Gasteiger partial charge on any atom is -0.303 e. The molecule has 2 aliphatic carbocycles. The van der Waals surface area contributed by atoms with Crippen molar-refractivity contribution < 1.29 is 4.79 Å². The highest BCUT2D eigenvalue weighted by Crippen LogP contribution is 2.70. The number of carbonyl (C=O) groups is 1. The predicted molar refractivity (Wildman–Crippen MR) is 53.3 cm³/mol. The number of hydrogen-bond donors (Lipinski definition) is 0. The molecule has 13 heavy (non-hydrogen) atoms. The second-order valence-corrected chi connectivity index (χ2v) is 5.40. The SMILES string of the molecule is CC(C=O)C1CCC2(C(C)C)CC12. The van der Waals surface area contributed by atoms with E-state index in [0.717, 1.165) is 18.1 Å². The third-order valence-electron chi connectivity index (χ3n) is 4.68. The van der Waals surface area contributed by atoms with Gasteiger partial charge in [-0.1, -0.05) is 20.8 Å². The molecule has 0 heterocycles. The van der Waals surface area contributed by atoms with Gasteiger partial charge in [0.15, 0.2) is 0 Å². The van der Waals surface area contributed by atoms with Gasteiger partial charge < -0.3 is 4.79 Å². The normalized spacial score (nSPS) is 44.6. The first-order chi connectivity index (χ1) is 6.12. The van der Waals surface area contributed by atoms with Crippen molar-refractivity contribution in [1.82, 2.24) is 0 Å². The molecule has 74 valence electrons. The third kappa shape index (κ3) is 1.16. The zero-order valence-corrected chi connectivity index (χ0v) is 8.92. The molecule has 1 nitrogen and oxygen atoms in total. The van der Waals surface area contributed by atoms with E-state index in [1.807, 2.05) is 0 Å². The topological polar surface area (TPSA) is 17.1 Å². The molecule has 2 aliphatic rings. The second-order valence-electron chi connectivity index (χ2n) is 5.40. The summed E-state index contributed by atoms with van der Waals surface area (Å²) in [5.74, 6) is 2.71. The molecule has 0 aromatic heterocycles. The van der Waals surface area contributed by atoms with Gasteiger partial charge in [0.25, 0.3) is 0 Å². The summed E-state index contributed by atoms with van der Waals surface area (Å²) in [5, 5.41) is 0. The van der Waals surface area contributed by atoms with Crippen molar-refractivity contribution >= 4 is 6.29 Å². The lowest BCUT2D eigenvalue weighted by Gasteiger charge is -2.15. The minimum atomic E-state index is 0.299. The van der Waals surface area contributed by atoms with E-state index in [1.165, 1.54) is 19.3 Å². The fraction of sp³-hybridized carbons (Fsp3) is 0.917. The number of carbonyl (C=O) groups excluding carboxylic acids is 1. The number of aldehydes is 1. The second kappa shape index (κ2) is 2.83. The average Bonchev–Trinajstić information content (AvgIpc) is 2.73. The van der Waals surface area contributed by atoms with Crippen LogP contribution in [0.4, 0.5) is 0 Å². The molecule has 2 rings (SSSR count). The van der Waals surface area contributed by atoms with Gasteiger partial charge in [0.2, 0.25) is 0 Å². The highest BCUT2D eigenvalue weighted by atomic mass is 16.1. The quantitative estimate of drug-likeness (QED) is 0.610. The predicted octanol–water partition coefficient (Wildman–Crippen LogP) is 2.89. The molecule has 2 saturated carbocycles. The standard InChI is InChI=1S/C12H20O/c1-8(2)12-5-4-10(9(3)7-13)11(12)6-12/h7-11H,4-6H2,1-3H3. The molecule has 0 amide bonds. The Kier molecular flexibility index (Phi) is 2.01. The summed E-state index contributed by atoms with van der Waals surface area (Å²) in [6.45, 7) is 6.77. The van der Waals surface area contributed by atoms with E-state index in [2.05, 4.69) is 20.8 Å². The molecule has 0 spiro atoms. The lowest BCUT2D eigenvalue weighted by atomic mass is 9.89. The van der Waals surface area contributed by atoms with Crippen molar-refractivity contribution in [2.75, 3.05) is 0 Å². The molecule has 0 bridgehead atoms. The van der Waals surface area contributed by atoms with Gasteiger partial charge in [0, 0.05) is 5.92 Å². The third-order valence-corrected chi connectivity index (χ3v) is 4.68. The molecule has 0 aromatic rings. The first-order valence-corrected chi connectivity index (χ1v) is 5.57. The van der Waals surface area contributed by atoms with Crippen LogP contribution in [-0.2, 0) is 4.79 Å². The van der Waals surface area contributed by atoms with Gasteiger partial charge in [-0.05, 0) is 42.4 Å². The summed E-state index contributed by atoms with van der Waals surface area (Å²) in [5.41, 5.74) is 0.655. The Balaban J connectivity index is 2.05. The van der Waals surface area contributed by atoms with Gasteiger partial charge in [-0.25, -0.2) is 0 Å². The van der Waals surface area contributed by atoms with Crippen molar-refractivity contribution in [3.8, 4) is 0 Å². The van der Waals surface area contributed by atoms with Crippen LogP contribution in [0.25, 0.3) is 0 Å². The molecular formula is C12H20O. The summed E-state index contributed by atoms with van der Waals surface area (Å²) in [7, 11) is 0. The maximum absolute atomic E-state index is 10.7. The first kappa shape index (κ1) is 9.23. The van der Waals surface area contributed by atoms with Crippen LogP contribution in [0.1, 0.15) is 40.0 Å². The van der Waals surface area contributed by atoms with Crippen LogP contribution in [0.2, 0.25) is 0 Å². The summed E-state index contributed by atoms with van der Waals surface area (Å²) in [4.78, 5) is 10.7. The Hall–Kier alpha value is -0.330. The van der Waals surface area contributed by atoms with Gasteiger partial charge >= 0.3 is 0 Å². The minimum absolute atomic E-state index is 0.299. The van der Waals surface area contributed by atoms with Crippen molar-refractivity contribution in [2.45, 2.75) is 40.0 Å². The van der Waals surface area contributed by atoms with E-state index < -0.39 is 0 Å². The van der Waals surface area contributed by atoms with Gasteiger partial charge in [0.05, 0.1) is 0 Å². The Morgan fingerprint density at radius 1 is 1.38 bits per heavy atom. The van der Waals surface area contributed by atoms with Crippen molar-refractivity contribution in [2.24, 2.45) is 29.1 Å². The molecule has 1 heteroatoms. The number of hydrogen-bond acceptors (Lipinski definition) is 1. The maximum atomic E-state index is 10.7. The molecule has 2 fully saturated rings. The molecule has 0 radical (unpaired) electrons. The van der Waals surface area contributed by atoms with E-state index in [4.69, 9.17) is 0 Å². The monoisotopic (exact) mass is 180 g/mol. The van der Waals surface area contributed by atoms with Crippen LogP contribution in [0, 0.1) is 29.1 Å². The first-order valence-electron chi connectivity index (χ1n) is 5.57. The molecule has 0 N–H and O–H groups in total. The van der Waals surface area contributed by atoms with Crippen LogP contribution in [-0.4, -0.2) is 6.29 Å². The van der Waals surface area contributed by atoms with Crippen molar-refractivity contribution in [3.63, 3.8) is 0 Å². The summed E-state index contributed by atoms with van der Waals surface area (Å²) in [6.07, 6.45) is 5.22. The van der Waals surface area contributed by atoms with Crippen LogP contribution in [0.3, 0.4) is 0 Å². The summed E-state index contributed by atoms with van der Waals surface area (Å²) < 4.78 is 0. The Morgan fingerprint density at radius 3 is 2.46 bits per heavy atom. The van der Waals surface area contributed by atoms with Crippen molar-refractivity contribution in [1.29, 1.82) is 0 Å². The van der Waals surface area contributed by atoms with Crippen LogP contribution in [0.15, 0.2) is 0 Å². The molecule has 4 atom stereocenters. The number of rotatable bonds is 3. The smallest absolute Gasteiger partial charge is 0.123 e. The van der Waals surface area contributed by atoms with E-state index in [0.29, 0.717) is 17.3 Å². The van der Waals surface area contributed by atoms with Gasteiger partial charge in [-0.15, -0.1) is 0 Å².